The van der Waals surface area contributed by atoms with Gasteiger partial charge in [0.25, 0.3) is 5.91 Å². The van der Waals surface area contributed by atoms with Crippen molar-refractivity contribution in [3.8, 4) is 5.75 Å². The topological polar surface area (TPSA) is 61.7 Å². The maximum atomic E-state index is 12.7. The van der Waals surface area contributed by atoms with Crippen LogP contribution in [0.25, 0.3) is 0 Å². The summed E-state index contributed by atoms with van der Waals surface area (Å²) in [5.74, 6) is -1.14. The van der Waals surface area contributed by atoms with E-state index in [0.717, 1.165) is 0 Å². The van der Waals surface area contributed by atoms with Gasteiger partial charge in [-0.2, -0.15) is 5.10 Å². The molecule has 0 saturated heterocycles. The predicted molar refractivity (Wildman–Crippen MR) is 74.6 cm³/mol. The van der Waals surface area contributed by atoms with Crippen LogP contribution >= 0.6 is 11.6 Å². The van der Waals surface area contributed by atoms with Crippen LogP contribution in [0, 0.1) is 5.82 Å². The Morgan fingerprint density at radius 1 is 1.25 bits per heavy atom. The molecule has 0 heterocycles. The molecule has 0 spiro atoms. The van der Waals surface area contributed by atoms with Gasteiger partial charge in [-0.25, -0.2) is 9.82 Å². The van der Waals surface area contributed by atoms with Crippen LogP contribution in [0.1, 0.15) is 15.9 Å². The number of hydrazone groups is 1. The minimum absolute atomic E-state index is 0.0220. The number of hydrogen-bond acceptors (Lipinski definition) is 3. The fourth-order valence-corrected chi connectivity index (χ4v) is 1.64. The molecule has 0 atom stereocenters. The molecule has 0 unspecified atom stereocenters. The number of amides is 1. The van der Waals surface area contributed by atoms with Gasteiger partial charge in [-0.05, 0) is 35.9 Å². The average molecular weight is 293 g/mol. The minimum atomic E-state index is -0.594. The van der Waals surface area contributed by atoms with E-state index in [-0.39, 0.29) is 17.1 Å². The summed E-state index contributed by atoms with van der Waals surface area (Å²) in [6.07, 6.45) is 1.36. The van der Waals surface area contributed by atoms with Gasteiger partial charge in [-0.15, -0.1) is 0 Å². The zero-order valence-electron chi connectivity index (χ0n) is 10.2. The largest absolute Gasteiger partial charge is 0.507 e. The number of aromatic hydroxyl groups is 1. The second-order valence-electron chi connectivity index (χ2n) is 3.91. The van der Waals surface area contributed by atoms with Gasteiger partial charge >= 0.3 is 0 Å². The molecular formula is C14H10ClFN2O2. The van der Waals surface area contributed by atoms with Crippen molar-refractivity contribution in [2.45, 2.75) is 0 Å². The molecule has 1 amide bonds. The number of halogens is 2. The third kappa shape index (κ3) is 3.55. The molecule has 2 rings (SSSR count). The maximum Gasteiger partial charge on any atom is 0.275 e. The Bertz CT molecular complexity index is 657. The Morgan fingerprint density at radius 2 is 1.95 bits per heavy atom. The molecule has 0 aliphatic rings. The molecule has 102 valence electrons. The number of benzene rings is 2. The van der Waals surface area contributed by atoms with Crippen molar-refractivity contribution < 1.29 is 14.3 Å². The molecule has 6 heteroatoms. The molecular weight excluding hydrogens is 283 g/mol. The molecule has 0 aliphatic heterocycles. The molecule has 0 radical (unpaired) electrons. The highest BCUT2D eigenvalue weighted by Crippen LogP contribution is 2.21. The highest BCUT2D eigenvalue weighted by molar-refractivity contribution is 6.31. The Morgan fingerprint density at radius 3 is 2.65 bits per heavy atom. The van der Waals surface area contributed by atoms with E-state index in [1.807, 2.05) is 0 Å². The van der Waals surface area contributed by atoms with Gasteiger partial charge in [0.1, 0.15) is 11.6 Å². The number of phenolic OH excluding ortho intramolecular Hbond substituents is 1. The number of nitrogens with one attached hydrogen (secondary N) is 1. The van der Waals surface area contributed by atoms with Crippen molar-refractivity contribution in [2.24, 2.45) is 5.10 Å². The molecule has 2 aromatic carbocycles. The Kier molecular flexibility index (Phi) is 4.32. The van der Waals surface area contributed by atoms with Gasteiger partial charge in [-0.3, -0.25) is 4.79 Å². The Hall–Kier alpha value is -2.40. The number of carbonyl (C=O) groups excluding carboxylic acids is 1. The molecule has 0 aromatic heterocycles. The number of nitrogens with zero attached hydrogens (tertiary/aromatic N) is 1. The van der Waals surface area contributed by atoms with Gasteiger partial charge in [0.05, 0.1) is 11.8 Å². The number of phenols is 1. The maximum absolute atomic E-state index is 12.7. The van der Waals surface area contributed by atoms with E-state index in [9.17, 15) is 14.3 Å². The lowest BCUT2D eigenvalue weighted by Crippen LogP contribution is -2.17. The average Bonchev–Trinajstić information content (AvgIpc) is 2.43. The third-order valence-electron chi connectivity index (χ3n) is 2.45. The first kappa shape index (κ1) is 14.0. The lowest BCUT2D eigenvalue weighted by atomic mass is 10.2. The van der Waals surface area contributed by atoms with E-state index < -0.39 is 5.91 Å². The van der Waals surface area contributed by atoms with Gasteiger partial charge in [0.15, 0.2) is 0 Å². The SMILES string of the molecule is O=C(N/N=C\c1ccc(F)cc1)c1cc(Cl)ccc1O. The molecule has 20 heavy (non-hydrogen) atoms. The summed E-state index contributed by atoms with van der Waals surface area (Å²) in [6, 6.07) is 9.72. The zero-order valence-corrected chi connectivity index (χ0v) is 10.9. The highest BCUT2D eigenvalue weighted by Gasteiger charge is 2.10. The lowest BCUT2D eigenvalue weighted by molar-refractivity contribution is 0.0952. The van der Waals surface area contributed by atoms with E-state index in [0.29, 0.717) is 10.6 Å². The van der Waals surface area contributed by atoms with Crippen molar-refractivity contribution >= 4 is 23.7 Å². The van der Waals surface area contributed by atoms with Crippen LogP contribution in [0.15, 0.2) is 47.6 Å². The summed E-state index contributed by atoms with van der Waals surface area (Å²) in [5.41, 5.74) is 2.90. The van der Waals surface area contributed by atoms with Crippen molar-refractivity contribution in [3.63, 3.8) is 0 Å². The fourth-order valence-electron chi connectivity index (χ4n) is 1.46. The van der Waals surface area contributed by atoms with Crippen LogP contribution in [-0.2, 0) is 0 Å². The van der Waals surface area contributed by atoms with Gasteiger partial charge in [0, 0.05) is 5.02 Å². The first-order valence-corrected chi connectivity index (χ1v) is 6.01. The summed E-state index contributed by atoms with van der Waals surface area (Å²) in [4.78, 5) is 11.8. The summed E-state index contributed by atoms with van der Waals surface area (Å²) < 4.78 is 12.7. The molecule has 0 aliphatic carbocycles. The summed E-state index contributed by atoms with van der Waals surface area (Å²) in [7, 11) is 0. The second kappa shape index (κ2) is 6.16. The molecule has 0 bridgehead atoms. The van der Waals surface area contributed by atoms with Crippen LogP contribution in [0.3, 0.4) is 0 Å². The van der Waals surface area contributed by atoms with Crippen LogP contribution in [0.5, 0.6) is 5.75 Å². The first-order valence-electron chi connectivity index (χ1n) is 5.64. The van der Waals surface area contributed by atoms with Crippen LogP contribution in [0.2, 0.25) is 5.02 Å². The summed E-state index contributed by atoms with van der Waals surface area (Å²) in [5, 5.41) is 13.6. The van der Waals surface area contributed by atoms with E-state index in [2.05, 4.69) is 10.5 Å². The van der Waals surface area contributed by atoms with E-state index in [1.165, 1.54) is 48.7 Å². The van der Waals surface area contributed by atoms with Gasteiger partial charge in [-0.1, -0.05) is 23.7 Å². The Labute approximate surface area is 119 Å². The molecule has 2 N–H and O–H groups in total. The first-order chi connectivity index (χ1) is 9.56. The lowest BCUT2D eigenvalue weighted by Gasteiger charge is -2.03. The molecule has 4 nitrogen and oxygen atoms in total. The number of rotatable bonds is 3. The number of hydrogen-bond donors (Lipinski definition) is 2. The molecule has 0 fully saturated rings. The smallest absolute Gasteiger partial charge is 0.275 e. The van der Waals surface area contributed by atoms with Crippen molar-refractivity contribution in [3.05, 3.63) is 64.4 Å². The summed E-state index contributed by atoms with van der Waals surface area (Å²) >= 11 is 5.74. The normalized spacial score (nSPS) is 10.7. The highest BCUT2D eigenvalue weighted by atomic mass is 35.5. The van der Waals surface area contributed by atoms with Gasteiger partial charge < -0.3 is 5.11 Å². The standard InChI is InChI=1S/C14H10ClFN2O2/c15-10-3-6-13(19)12(7-10)14(20)18-17-8-9-1-4-11(16)5-2-9/h1-8,19H,(H,18,20)/b17-8-. The predicted octanol–water partition coefficient (Wildman–Crippen LogP) is 2.95. The number of carbonyl (C=O) groups is 1. The molecule has 0 saturated carbocycles. The van der Waals surface area contributed by atoms with Crippen LogP contribution in [-0.4, -0.2) is 17.2 Å². The van der Waals surface area contributed by atoms with Crippen LogP contribution in [0.4, 0.5) is 4.39 Å². The van der Waals surface area contributed by atoms with Crippen LogP contribution < -0.4 is 5.43 Å². The van der Waals surface area contributed by atoms with E-state index in [1.54, 1.807) is 0 Å². The zero-order chi connectivity index (χ0) is 14.5. The van der Waals surface area contributed by atoms with Gasteiger partial charge in [0.2, 0.25) is 0 Å². The monoisotopic (exact) mass is 292 g/mol. The van der Waals surface area contributed by atoms with E-state index in [4.69, 9.17) is 11.6 Å². The fraction of sp³-hybridized carbons (Fsp3) is 0. The quantitative estimate of drug-likeness (QED) is 0.675. The van der Waals surface area contributed by atoms with Crippen molar-refractivity contribution in [1.82, 2.24) is 5.43 Å². The minimum Gasteiger partial charge on any atom is -0.507 e. The summed E-state index contributed by atoms with van der Waals surface area (Å²) in [6.45, 7) is 0. The second-order valence-corrected chi connectivity index (χ2v) is 4.35. The molecule has 2 aromatic rings. The third-order valence-corrected chi connectivity index (χ3v) is 2.69. The van der Waals surface area contributed by atoms with Crippen molar-refractivity contribution in [1.29, 1.82) is 0 Å². The Balaban J connectivity index is 2.05. The van der Waals surface area contributed by atoms with Crippen molar-refractivity contribution in [2.75, 3.05) is 0 Å². The van der Waals surface area contributed by atoms with E-state index >= 15 is 0 Å².